The highest BCUT2D eigenvalue weighted by atomic mass is 79.9. The summed E-state index contributed by atoms with van der Waals surface area (Å²) in [7, 11) is 0. The van der Waals surface area contributed by atoms with Crippen LogP contribution in [0.15, 0.2) is 28.2 Å². The van der Waals surface area contributed by atoms with E-state index in [9.17, 15) is 4.39 Å². The van der Waals surface area contributed by atoms with E-state index in [1.54, 1.807) is 12.1 Å². The maximum atomic E-state index is 12.9. The molecule has 1 N–H and O–H groups in total. The third-order valence-electron chi connectivity index (χ3n) is 1.97. The van der Waals surface area contributed by atoms with Crippen molar-refractivity contribution in [1.29, 1.82) is 0 Å². The topological polar surface area (TPSA) is 20.2 Å². The molecule has 1 aromatic carbocycles. The van der Waals surface area contributed by atoms with E-state index < -0.39 is 0 Å². The molecular formula is C11H12BrFO. The molecule has 0 amide bonds. The molecule has 0 saturated heterocycles. The first-order valence-electron chi connectivity index (χ1n) is 4.42. The van der Waals surface area contributed by atoms with Crippen LogP contribution in [0.2, 0.25) is 0 Å². The molecule has 3 heteroatoms. The lowest BCUT2D eigenvalue weighted by atomic mass is 10.1. The molecule has 1 rings (SSSR count). The number of aliphatic hydroxyl groups is 1. The number of aliphatic hydroxyl groups excluding tert-OH is 1. The van der Waals surface area contributed by atoms with E-state index in [4.69, 9.17) is 5.11 Å². The minimum atomic E-state index is -0.271. The second kappa shape index (κ2) is 5.27. The van der Waals surface area contributed by atoms with Crippen LogP contribution < -0.4 is 0 Å². The van der Waals surface area contributed by atoms with Gasteiger partial charge >= 0.3 is 0 Å². The molecule has 0 bridgehead atoms. The molecule has 0 saturated carbocycles. The van der Waals surface area contributed by atoms with Crippen molar-refractivity contribution in [1.82, 2.24) is 0 Å². The second-order valence-electron chi connectivity index (χ2n) is 2.98. The van der Waals surface area contributed by atoms with Crippen molar-refractivity contribution in [3.05, 3.63) is 39.6 Å². The fraction of sp³-hybridized carbons (Fsp3) is 0.273. The van der Waals surface area contributed by atoms with Gasteiger partial charge in [-0.05, 0) is 35.8 Å². The van der Waals surface area contributed by atoms with Crippen molar-refractivity contribution >= 4 is 22.0 Å². The van der Waals surface area contributed by atoms with Crippen molar-refractivity contribution in [2.24, 2.45) is 0 Å². The van der Waals surface area contributed by atoms with Crippen molar-refractivity contribution < 1.29 is 9.50 Å². The van der Waals surface area contributed by atoms with E-state index in [1.165, 1.54) is 12.1 Å². The smallest absolute Gasteiger partial charge is 0.123 e. The van der Waals surface area contributed by atoms with Crippen molar-refractivity contribution in [3.8, 4) is 0 Å². The van der Waals surface area contributed by atoms with E-state index in [-0.39, 0.29) is 12.4 Å². The highest BCUT2D eigenvalue weighted by Crippen LogP contribution is 2.21. The number of rotatable bonds is 3. The fourth-order valence-electron chi connectivity index (χ4n) is 1.10. The summed E-state index contributed by atoms with van der Waals surface area (Å²) in [4.78, 5) is 0. The lowest BCUT2D eigenvalue weighted by Crippen LogP contribution is -1.89. The predicted octanol–water partition coefficient (Wildman–Crippen LogP) is 3.37. The van der Waals surface area contributed by atoms with Crippen LogP contribution in [0.1, 0.15) is 18.9 Å². The first-order chi connectivity index (χ1) is 6.67. The summed E-state index contributed by atoms with van der Waals surface area (Å²) in [6.07, 6.45) is 2.56. The Morgan fingerprint density at radius 2 is 2.29 bits per heavy atom. The monoisotopic (exact) mass is 258 g/mol. The zero-order valence-corrected chi connectivity index (χ0v) is 9.51. The van der Waals surface area contributed by atoms with E-state index in [0.717, 1.165) is 22.0 Å². The van der Waals surface area contributed by atoms with Gasteiger partial charge < -0.3 is 5.11 Å². The molecule has 0 unspecified atom stereocenters. The molecule has 0 radical (unpaired) electrons. The summed E-state index contributed by atoms with van der Waals surface area (Å²) in [6.45, 7) is 1.97. The molecule has 0 heterocycles. The molecule has 0 aliphatic heterocycles. The van der Waals surface area contributed by atoms with E-state index >= 15 is 0 Å². The normalized spacial score (nSPS) is 11.9. The molecule has 0 atom stereocenters. The van der Waals surface area contributed by atoms with Gasteiger partial charge in [-0.3, -0.25) is 0 Å². The second-order valence-corrected chi connectivity index (χ2v) is 3.83. The Hall–Kier alpha value is -0.670. The SMILES string of the molecule is CC/C(=C/c1cc(F)ccc1Br)CO. The minimum Gasteiger partial charge on any atom is -0.392 e. The quantitative estimate of drug-likeness (QED) is 0.882. The van der Waals surface area contributed by atoms with Gasteiger partial charge in [0.2, 0.25) is 0 Å². The molecule has 0 aromatic heterocycles. The number of hydrogen-bond donors (Lipinski definition) is 1. The maximum absolute atomic E-state index is 12.9. The largest absolute Gasteiger partial charge is 0.392 e. The van der Waals surface area contributed by atoms with Gasteiger partial charge in [-0.1, -0.05) is 28.9 Å². The first-order valence-corrected chi connectivity index (χ1v) is 5.22. The highest BCUT2D eigenvalue weighted by molar-refractivity contribution is 9.10. The van der Waals surface area contributed by atoms with Gasteiger partial charge in [-0.25, -0.2) is 4.39 Å². The van der Waals surface area contributed by atoms with Crippen molar-refractivity contribution in [3.63, 3.8) is 0 Å². The Balaban J connectivity index is 3.06. The molecule has 0 aliphatic carbocycles. The summed E-state index contributed by atoms with van der Waals surface area (Å²) < 4.78 is 13.7. The van der Waals surface area contributed by atoms with Gasteiger partial charge in [0.1, 0.15) is 5.82 Å². The van der Waals surface area contributed by atoms with E-state index in [1.807, 2.05) is 6.92 Å². The zero-order chi connectivity index (χ0) is 10.6. The maximum Gasteiger partial charge on any atom is 0.123 e. The van der Waals surface area contributed by atoms with Crippen molar-refractivity contribution in [2.45, 2.75) is 13.3 Å². The van der Waals surface area contributed by atoms with Crippen LogP contribution in [-0.2, 0) is 0 Å². The lowest BCUT2D eigenvalue weighted by molar-refractivity contribution is 0.329. The van der Waals surface area contributed by atoms with Crippen LogP contribution in [0.3, 0.4) is 0 Å². The minimum absolute atomic E-state index is 0.0133. The Kier molecular flexibility index (Phi) is 4.29. The fourth-order valence-corrected chi connectivity index (χ4v) is 1.47. The predicted molar refractivity (Wildman–Crippen MR) is 59.5 cm³/mol. The Morgan fingerprint density at radius 1 is 1.57 bits per heavy atom. The number of benzene rings is 1. The van der Waals surface area contributed by atoms with Gasteiger partial charge in [-0.15, -0.1) is 0 Å². The lowest BCUT2D eigenvalue weighted by Gasteiger charge is -2.02. The highest BCUT2D eigenvalue weighted by Gasteiger charge is 2.00. The molecule has 0 spiro atoms. The van der Waals surface area contributed by atoms with Crippen LogP contribution in [0, 0.1) is 5.82 Å². The number of hydrogen-bond acceptors (Lipinski definition) is 1. The van der Waals surface area contributed by atoms with Crippen LogP contribution >= 0.6 is 15.9 Å². The molecule has 14 heavy (non-hydrogen) atoms. The van der Waals surface area contributed by atoms with Crippen LogP contribution in [0.4, 0.5) is 4.39 Å². The van der Waals surface area contributed by atoms with E-state index in [0.29, 0.717) is 0 Å². The summed E-state index contributed by atoms with van der Waals surface area (Å²) in [5.41, 5.74) is 1.65. The zero-order valence-electron chi connectivity index (χ0n) is 7.93. The summed E-state index contributed by atoms with van der Waals surface area (Å²) in [6, 6.07) is 4.49. The van der Waals surface area contributed by atoms with Gasteiger partial charge in [-0.2, -0.15) is 0 Å². The van der Waals surface area contributed by atoms with Gasteiger partial charge in [0.05, 0.1) is 6.61 Å². The van der Waals surface area contributed by atoms with Gasteiger partial charge in [0.25, 0.3) is 0 Å². The summed E-state index contributed by atoms with van der Waals surface area (Å²) in [5.74, 6) is -0.271. The summed E-state index contributed by atoms with van der Waals surface area (Å²) in [5, 5.41) is 8.97. The van der Waals surface area contributed by atoms with Gasteiger partial charge in [0, 0.05) is 4.47 Å². The standard InChI is InChI=1S/C11H12BrFO/c1-2-8(7-14)5-9-6-10(13)3-4-11(9)12/h3-6,14H,2,7H2,1H3/b8-5-. The Labute approximate surface area is 91.4 Å². The first kappa shape index (κ1) is 11.4. The Morgan fingerprint density at radius 3 is 2.86 bits per heavy atom. The van der Waals surface area contributed by atoms with Crippen LogP contribution in [-0.4, -0.2) is 11.7 Å². The molecular weight excluding hydrogens is 247 g/mol. The third-order valence-corrected chi connectivity index (χ3v) is 2.70. The molecule has 0 aliphatic rings. The van der Waals surface area contributed by atoms with Crippen LogP contribution in [0.5, 0.6) is 0 Å². The molecule has 1 aromatic rings. The third kappa shape index (κ3) is 2.93. The van der Waals surface area contributed by atoms with Gasteiger partial charge in [0.15, 0.2) is 0 Å². The average molecular weight is 259 g/mol. The van der Waals surface area contributed by atoms with Crippen LogP contribution in [0.25, 0.3) is 6.08 Å². The molecule has 1 nitrogen and oxygen atoms in total. The average Bonchev–Trinajstić information content (AvgIpc) is 2.19. The molecule has 0 fully saturated rings. The Bertz CT molecular complexity index is 341. The molecule has 76 valence electrons. The van der Waals surface area contributed by atoms with E-state index in [2.05, 4.69) is 15.9 Å². The summed E-state index contributed by atoms with van der Waals surface area (Å²) >= 11 is 3.32. The number of halogens is 2. The van der Waals surface area contributed by atoms with Crippen molar-refractivity contribution in [2.75, 3.05) is 6.61 Å².